The van der Waals surface area contributed by atoms with Gasteiger partial charge in [0.05, 0.1) is 16.9 Å². The number of piperidine rings is 1. The van der Waals surface area contributed by atoms with Crippen molar-refractivity contribution in [3.05, 3.63) is 78.9 Å². The highest BCUT2D eigenvalue weighted by molar-refractivity contribution is 7.92. The third kappa shape index (κ3) is 4.34. The molecule has 0 atom stereocenters. The quantitative estimate of drug-likeness (QED) is 0.590. The van der Waals surface area contributed by atoms with E-state index in [1.807, 2.05) is 18.6 Å². The zero-order valence-corrected chi connectivity index (χ0v) is 18.3. The lowest BCUT2D eigenvalue weighted by atomic mass is 10.0. The minimum Gasteiger partial charge on any atom is -0.338 e. The summed E-state index contributed by atoms with van der Waals surface area (Å²) in [6, 6.07) is 15.7. The highest BCUT2D eigenvalue weighted by atomic mass is 32.2. The van der Waals surface area contributed by atoms with Gasteiger partial charge in [-0.2, -0.15) is 0 Å². The van der Waals surface area contributed by atoms with Crippen LogP contribution in [0.25, 0.3) is 0 Å². The first-order valence-electron chi connectivity index (χ1n) is 10.5. The van der Waals surface area contributed by atoms with E-state index in [-0.39, 0.29) is 10.8 Å². The number of hydrogen-bond acceptors (Lipinski definition) is 4. The van der Waals surface area contributed by atoms with Gasteiger partial charge in [-0.15, -0.1) is 0 Å². The van der Waals surface area contributed by atoms with Gasteiger partial charge < -0.3 is 9.47 Å². The minimum atomic E-state index is -3.78. The molecule has 1 saturated heterocycles. The minimum absolute atomic E-state index is 0.123. The number of benzene rings is 2. The van der Waals surface area contributed by atoms with Crippen molar-refractivity contribution in [2.75, 3.05) is 23.9 Å². The van der Waals surface area contributed by atoms with Gasteiger partial charge in [0.25, 0.3) is 15.9 Å². The number of carbonyl (C=O) groups is 1. The van der Waals surface area contributed by atoms with Gasteiger partial charge in [0.2, 0.25) is 0 Å². The summed E-state index contributed by atoms with van der Waals surface area (Å²) < 4.78 is 30.0. The molecule has 0 saturated carbocycles. The first kappa shape index (κ1) is 21.1. The normalized spacial score (nSPS) is 15.1. The Morgan fingerprint density at radius 3 is 2.48 bits per heavy atom. The van der Waals surface area contributed by atoms with Crippen LogP contribution in [0.3, 0.4) is 0 Å². The maximum absolute atomic E-state index is 13.3. The molecule has 1 amide bonds. The Hall–Kier alpha value is -3.13. The van der Waals surface area contributed by atoms with Gasteiger partial charge in [0.1, 0.15) is 0 Å². The fourth-order valence-corrected chi connectivity index (χ4v) is 5.56. The smallest absolute Gasteiger partial charge is 0.264 e. The van der Waals surface area contributed by atoms with Gasteiger partial charge >= 0.3 is 0 Å². The van der Waals surface area contributed by atoms with Crippen LogP contribution in [-0.2, 0) is 10.0 Å². The number of carbonyl (C=O) groups excluding carboxylic acids is 1. The zero-order valence-electron chi connectivity index (χ0n) is 17.5. The number of rotatable bonds is 6. The molecular weight excluding hydrogens is 412 g/mol. The van der Waals surface area contributed by atoms with Crippen LogP contribution in [0.2, 0.25) is 0 Å². The number of likely N-dealkylation sites (tertiary alicyclic amines) is 1. The van der Waals surface area contributed by atoms with Crippen LogP contribution in [0.1, 0.15) is 36.2 Å². The molecule has 8 heteroatoms. The Kier molecular flexibility index (Phi) is 6.08. The molecule has 0 N–H and O–H groups in total. The first-order chi connectivity index (χ1) is 15.0. The van der Waals surface area contributed by atoms with E-state index in [1.165, 1.54) is 10.4 Å². The molecule has 3 aromatic rings. The van der Waals surface area contributed by atoms with Crippen LogP contribution in [0.4, 0.5) is 5.69 Å². The van der Waals surface area contributed by atoms with Gasteiger partial charge in [0.15, 0.2) is 0 Å². The summed E-state index contributed by atoms with van der Waals surface area (Å²) in [5.74, 6) is -0.135. The number of amides is 1. The van der Waals surface area contributed by atoms with Crippen molar-refractivity contribution >= 4 is 21.6 Å². The van der Waals surface area contributed by atoms with E-state index in [0.29, 0.717) is 36.9 Å². The second kappa shape index (κ2) is 8.93. The first-order valence-corrected chi connectivity index (χ1v) is 11.9. The highest BCUT2D eigenvalue weighted by Crippen LogP contribution is 2.26. The van der Waals surface area contributed by atoms with E-state index in [2.05, 4.69) is 9.55 Å². The third-order valence-corrected chi connectivity index (χ3v) is 7.60. The average molecular weight is 439 g/mol. The van der Waals surface area contributed by atoms with Crippen LogP contribution in [0, 0.1) is 0 Å². The number of para-hydroxylation sites is 1. The molecule has 4 rings (SSSR count). The molecule has 1 aliphatic rings. The summed E-state index contributed by atoms with van der Waals surface area (Å²) in [5.41, 5.74) is 0.995. The van der Waals surface area contributed by atoms with Crippen LogP contribution in [0.15, 0.2) is 78.2 Å². The maximum atomic E-state index is 13.3. The van der Waals surface area contributed by atoms with Crippen LogP contribution < -0.4 is 4.31 Å². The predicted octanol–water partition coefficient (Wildman–Crippen LogP) is 3.58. The van der Waals surface area contributed by atoms with Gasteiger partial charge in [0, 0.05) is 43.6 Å². The average Bonchev–Trinajstić information content (AvgIpc) is 3.35. The fraction of sp³-hybridized carbons (Fsp3) is 0.304. The van der Waals surface area contributed by atoms with Crippen molar-refractivity contribution in [2.45, 2.75) is 30.7 Å². The topological polar surface area (TPSA) is 75.5 Å². The molecule has 31 heavy (non-hydrogen) atoms. The van der Waals surface area contributed by atoms with Crippen LogP contribution in [0.5, 0.6) is 0 Å². The Morgan fingerprint density at radius 2 is 1.84 bits per heavy atom. The van der Waals surface area contributed by atoms with E-state index in [9.17, 15) is 13.2 Å². The lowest BCUT2D eigenvalue weighted by molar-refractivity contribution is 0.0694. The molecule has 0 radical (unpaired) electrons. The Balaban J connectivity index is 1.52. The van der Waals surface area contributed by atoms with Gasteiger partial charge in [-0.25, -0.2) is 13.4 Å². The summed E-state index contributed by atoms with van der Waals surface area (Å²) in [6.45, 7) is 3.35. The number of hydrogen-bond donors (Lipinski definition) is 0. The Morgan fingerprint density at radius 1 is 1.10 bits per heavy atom. The molecular formula is C23H26N4O3S. The number of imidazole rings is 1. The predicted molar refractivity (Wildman–Crippen MR) is 119 cm³/mol. The molecule has 0 aliphatic carbocycles. The summed E-state index contributed by atoms with van der Waals surface area (Å²) in [7, 11) is -3.78. The van der Waals surface area contributed by atoms with Gasteiger partial charge in [-0.05, 0) is 50.1 Å². The van der Waals surface area contributed by atoms with Crippen LogP contribution in [-0.4, -0.2) is 48.4 Å². The molecule has 0 bridgehead atoms. The number of sulfonamides is 1. The molecule has 0 spiro atoms. The molecule has 2 heterocycles. The van der Waals surface area contributed by atoms with E-state index in [1.54, 1.807) is 60.5 Å². The molecule has 1 fully saturated rings. The highest BCUT2D eigenvalue weighted by Gasteiger charge is 2.27. The summed E-state index contributed by atoms with van der Waals surface area (Å²) in [4.78, 5) is 19.1. The summed E-state index contributed by atoms with van der Waals surface area (Å²) >= 11 is 0. The molecule has 1 aromatic heterocycles. The van der Waals surface area contributed by atoms with Gasteiger partial charge in [-0.3, -0.25) is 9.10 Å². The summed E-state index contributed by atoms with van der Waals surface area (Å²) in [5, 5.41) is 0. The van der Waals surface area contributed by atoms with Gasteiger partial charge in [-0.1, -0.05) is 24.3 Å². The molecule has 0 unspecified atom stereocenters. The lowest BCUT2D eigenvalue weighted by Gasteiger charge is -2.32. The summed E-state index contributed by atoms with van der Waals surface area (Å²) in [6.07, 6.45) is 7.21. The third-order valence-electron chi connectivity index (χ3n) is 5.70. The van der Waals surface area contributed by atoms with Crippen molar-refractivity contribution in [1.29, 1.82) is 0 Å². The fourth-order valence-electron chi connectivity index (χ4n) is 4.04. The van der Waals surface area contributed by atoms with Crippen molar-refractivity contribution in [1.82, 2.24) is 14.5 Å². The van der Waals surface area contributed by atoms with Crippen molar-refractivity contribution < 1.29 is 13.2 Å². The second-order valence-corrected chi connectivity index (χ2v) is 9.43. The SMILES string of the molecule is CCN(c1ccccc1)S(=O)(=O)c1cccc(C(=O)N2CCC(n3ccnc3)CC2)c1. The van der Waals surface area contributed by atoms with Crippen LogP contribution >= 0.6 is 0 Å². The molecule has 1 aliphatic heterocycles. The molecule has 2 aromatic carbocycles. The number of nitrogens with zero attached hydrogens (tertiary/aromatic N) is 4. The number of aromatic nitrogens is 2. The zero-order chi connectivity index (χ0) is 21.8. The molecule has 7 nitrogen and oxygen atoms in total. The van der Waals surface area contributed by atoms with E-state index in [0.717, 1.165) is 12.8 Å². The van der Waals surface area contributed by atoms with Crippen molar-refractivity contribution in [2.24, 2.45) is 0 Å². The second-order valence-electron chi connectivity index (χ2n) is 7.57. The number of anilines is 1. The van der Waals surface area contributed by atoms with E-state index >= 15 is 0 Å². The monoisotopic (exact) mass is 438 g/mol. The van der Waals surface area contributed by atoms with Crippen molar-refractivity contribution in [3.63, 3.8) is 0 Å². The Labute approximate surface area is 183 Å². The standard InChI is InChI=1S/C23H26N4O3S/c1-2-27(21-8-4-3-5-9-21)31(29,30)22-10-6-7-19(17-22)23(28)25-14-11-20(12-15-25)26-16-13-24-18-26/h3-10,13,16-18,20H,2,11-12,14-15H2,1H3. The van der Waals surface area contributed by atoms with E-state index in [4.69, 9.17) is 0 Å². The van der Waals surface area contributed by atoms with Crippen molar-refractivity contribution in [3.8, 4) is 0 Å². The Bertz CT molecular complexity index is 1120. The maximum Gasteiger partial charge on any atom is 0.264 e. The molecule has 162 valence electrons. The van der Waals surface area contributed by atoms with E-state index < -0.39 is 10.0 Å². The lowest BCUT2D eigenvalue weighted by Crippen LogP contribution is -2.39. The largest absolute Gasteiger partial charge is 0.338 e.